The normalized spacial score (nSPS) is 18.0. The molecular weight excluding hydrogens is 322 g/mol. The van der Waals surface area contributed by atoms with Crippen LogP contribution < -0.4 is 10.2 Å². The second kappa shape index (κ2) is 7.50. The van der Waals surface area contributed by atoms with Crippen molar-refractivity contribution in [3.8, 4) is 0 Å². The van der Waals surface area contributed by atoms with Gasteiger partial charge in [-0.25, -0.2) is 0 Å². The lowest BCUT2D eigenvalue weighted by atomic mass is 10.0. The zero-order valence-electron chi connectivity index (χ0n) is 15.4. The van der Waals surface area contributed by atoms with Gasteiger partial charge in [0.2, 0.25) is 0 Å². The molecule has 2 aromatic rings. The molecule has 1 saturated heterocycles. The number of rotatable bonds is 4. The molecule has 4 nitrogen and oxygen atoms in total. The van der Waals surface area contributed by atoms with Crippen molar-refractivity contribution in [2.45, 2.75) is 31.8 Å². The lowest BCUT2D eigenvalue weighted by Gasteiger charge is -2.32. The van der Waals surface area contributed by atoms with E-state index in [1.807, 2.05) is 6.07 Å². The highest BCUT2D eigenvalue weighted by Gasteiger charge is 2.22. The third kappa shape index (κ3) is 3.75. The number of nitrogens with one attached hydrogen (secondary N) is 1. The van der Waals surface area contributed by atoms with Gasteiger partial charge in [0.05, 0.1) is 0 Å². The molecule has 1 amide bonds. The first-order chi connectivity index (χ1) is 12.7. The van der Waals surface area contributed by atoms with E-state index < -0.39 is 0 Å². The average molecular weight is 349 g/mol. The Balaban J connectivity index is 1.30. The zero-order valence-corrected chi connectivity index (χ0v) is 15.4. The van der Waals surface area contributed by atoms with Crippen molar-refractivity contribution in [1.29, 1.82) is 0 Å². The Morgan fingerprint density at radius 1 is 1.08 bits per heavy atom. The molecule has 4 heteroatoms. The van der Waals surface area contributed by atoms with E-state index >= 15 is 0 Å². The SMILES string of the molecule is CN1CCc2cc(C(=O)NC3CCN(Cc4ccccc4)CC3)ccc21. The first-order valence-electron chi connectivity index (χ1n) is 9.60. The Labute approximate surface area is 155 Å². The highest BCUT2D eigenvalue weighted by molar-refractivity contribution is 5.95. The summed E-state index contributed by atoms with van der Waals surface area (Å²) in [5.74, 6) is 0.0730. The molecule has 4 rings (SSSR count). The third-order valence-corrected chi connectivity index (χ3v) is 5.64. The Hall–Kier alpha value is -2.33. The van der Waals surface area contributed by atoms with Crippen molar-refractivity contribution in [3.05, 3.63) is 65.2 Å². The minimum atomic E-state index is 0.0730. The Morgan fingerprint density at radius 2 is 1.85 bits per heavy atom. The molecule has 0 radical (unpaired) electrons. The number of nitrogens with zero attached hydrogens (tertiary/aromatic N) is 2. The molecule has 0 aliphatic carbocycles. The maximum Gasteiger partial charge on any atom is 0.251 e. The van der Waals surface area contributed by atoms with Crippen LogP contribution in [-0.2, 0) is 13.0 Å². The smallest absolute Gasteiger partial charge is 0.251 e. The van der Waals surface area contributed by atoms with Crippen molar-refractivity contribution in [1.82, 2.24) is 10.2 Å². The average Bonchev–Trinajstić information content (AvgIpc) is 3.04. The topological polar surface area (TPSA) is 35.6 Å². The van der Waals surface area contributed by atoms with E-state index in [1.54, 1.807) is 0 Å². The quantitative estimate of drug-likeness (QED) is 0.921. The molecule has 2 aliphatic heterocycles. The number of hydrogen-bond acceptors (Lipinski definition) is 3. The van der Waals surface area contributed by atoms with Gasteiger partial charge in [-0.05, 0) is 48.6 Å². The highest BCUT2D eigenvalue weighted by Crippen LogP contribution is 2.27. The molecule has 0 atom stereocenters. The molecule has 0 unspecified atom stereocenters. The highest BCUT2D eigenvalue weighted by atomic mass is 16.1. The zero-order chi connectivity index (χ0) is 17.9. The monoisotopic (exact) mass is 349 g/mol. The van der Waals surface area contributed by atoms with Gasteiger partial charge in [0, 0.05) is 50.5 Å². The second-order valence-corrected chi connectivity index (χ2v) is 7.52. The van der Waals surface area contributed by atoms with Gasteiger partial charge < -0.3 is 10.2 Å². The van der Waals surface area contributed by atoms with Gasteiger partial charge in [0.25, 0.3) is 5.91 Å². The molecule has 1 fully saturated rings. The van der Waals surface area contributed by atoms with Crippen LogP contribution in [-0.4, -0.2) is 43.5 Å². The summed E-state index contributed by atoms with van der Waals surface area (Å²) in [6, 6.07) is 17.0. The van der Waals surface area contributed by atoms with Crippen molar-refractivity contribution in [2.24, 2.45) is 0 Å². The van der Waals surface area contributed by atoms with E-state index in [9.17, 15) is 4.79 Å². The van der Waals surface area contributed by atoms with Gasteiger partial charge in [0.1, 0.15) is 0 Å². The summed E-state index contributed by atoms with van der Waals surface area (Å²) < 4.78 is 0. The lowest BCUT2D eigenvalue weighted by Crippen LogP contribution is -2.44. The molecule has 2 heterocycles. The predicted molar refractivity (Wildman–Crippen MR) is 106 cm³/mol. The van der Waals surface area contributed by atoms with Gasteiger partial charge in [-0.1, -0.05) is 30.3 Å². The molecule has 26 heavy (non-hydrogen) atoms. The number of fused-ring (bicyclic) bond motifs is 1. The van der Waals surface area contributed by atoms with Crippen molar-refractivity contribution in [3.63, 3.8) is 0 Å². The van der Waals surface area contributed by atoms with Gasteiger partial charge in [-0.15, -0.1) is 0 Å². The van der Waals surface area contributed by atoms with Crippen molar-refractivity contribution in [2.75, 3.05) is 31.6 Å². The van der Waals surface area contributed by atoms with Crippen LogP contribution in [0.25, 0.3) is 0 Å². The standard InChI is InChI=1S/C22H27N3O/c1-24-12-9-18-15-19(7-8-21(18)24)22(26)23-20-10-13-25(14-11-20)16-17-5-3-2-4-6-17/h2-8,15,20H,9-14,16H2,1H3,(H,23,26). The van der Waals surface area contributed by atoms with Crippen LogP contribution in [0.1, 0.15) is 34.3 Å². The second-order valence-electron chi connectivity index (χ2n) is 7.52. The van der Waals surface area contributed by atoms with Crippen LogP contribution in [0.2, 0.25) is 0 Å². The minimum absolute atomic E-state index is 0.0730. The van der Waals surface area contributed by atoms with Crippen LogP contribution in [0.4, 0.5) is 5.69 Å². The third-order valence-electron chi connectivity index (χ3n) is 5.64. The van der Waals surface area contributed by atoms with Crippen LogP contribution in [0.15, 0.2) is 48.5 Å². The van der Waals surface area contributed by atoms with E-state index in [1.165, 1.54) is 16.8 Å². The predicted octanol–water partition coefficient (Wildman–Crippen LogP) is 3.07. The Morgan fingerprint density at radius 3 is 2.62 bits per heavy atom. The fraction of sp³-hybridized carbons (Fsp3) is 0.409. The number of hydrogen-bond donors (Lipinski definition) is 1. The van der Waals surface area contributed by atoms with E-state index in [0.29, 0.717) is 0 Å². The van der Waals surface area contributed by atoms with Crippen LogP contribution in [0, 0.1) is 0 Å². The molecular formula is C22H27N3O. The van der Waals surface area contributed by atoms with Crippen molar-refractivity contribution < 1.29 is 4.79 Å². The number of piperidine rings is 1. The fourth-order valence-corrected chi connectivity index (χ4v) is 4.05. The molecule has 2 aromatic carbocycles. The van der Waals surface area contributed by atoms with Crippen LogP contribution in [0.3, 0.4) is 0 Å². The maximum atomic E-state index is 12.6. The van der Waals surface area contributed by atoms with Crippen LogP contribution in [0.5, 0.6) is 0 Å². The first-order valence-corrected chi connectivity index (χ1v) is 9.60. The van der Waals surface area contributed by atoms with Crippen LogP contribution >= 0.6 is 0 Å². The number of anilines is 1. The van der Waals surface area contributed by atoms with E-state index in [0.717, 1.165) is 51.0 Å². The lowest BCUT2D eigenvalue weighted by molar-refractivity contribution is 0.0909. The molecule has 1 N–H and O–H groups in total. The number of carbonyl (C=O) groups is 1. The van der Waals surface area contributed by atoms with Gasteiger partial charge >= 0.3 is 0 Å². The van der Waals surface area contributed by atoms with Crippen molar-refractivity contribution >= 4 is 11.6 Å². The minimum Gasteiger partial charge on any atom is -0.374 e. The van der Waals surface area contributed by atoms with E-state index in [4.69, 9.17) is 0 Å². The van der Waals surface area contributed by atoms with Gasteiger partial charge in [0.15, 0.2) is 0 Å². The maximum absolute atomic E-state index is 12.6. The Kier molecular flexibility index (Phi) is 4.93. The molecule has 0 saturated carbocycles. The summed E-state index contributed by atoms with van der Waals surface area (Å²) in [5.41, 5.74) is 4.71. The van der Waals surface area contributed by atoms with E-state index in [-0.39, 0.29) is 11.9 Å². The largest absolute Gasteiger partial charge is 0.374 e. The molecule has 0 spiro atoms. The number of amides is 1. The molecule has 136 valence electrons. The number of benzene rings is 2. The fourth-order valence-electron chi connectivity index (χ4n) is 4.05. The molecule has 0 aromatic heterocycles. The Bertz CT molecular complexity index is 766. The summed E-state index contributed by atoms with van der Waals surface area (Å²) >= 11 is 0. The number of carbonyl (C=O) groups excluding carboxylic acids is 1. The molecule has 2 aliphatic rings. The summed E-state index contributed by atoms with van der Waals surface area (Å²) in [7, 11) is 2.11. The van der Waals surface area contributed by atoms with E-state index in [2.05, 4.69) is 64.6 Å². The first kappa shape index (κ1) is 17.1. The van der Waals surface area contributed by atoms with Gasteiger partial charge in [-0.3, -0.25) is 9.69 Å². The summed E-state index contributed by atoms with van der Waals surface area (Å²) in [4.78, 5) is 17.4. The summed E-state index contributed by atoms with van der Waals surface area (Å²) in [6.07, 6.45) is 3.07. The summed E-state index contributed by atoms with van der Waals surface area (Å²) in [5, 5.41) is 3.24. The number of likely N-dealkylation sites (N-methyl/N-ethyl adjacent to an activating group) is 1. The number of likely N-dealkylation sites (tertiary alicyclic amines) is 1. The van der Waals surface area contributed by atoms with Gasteiger partial charge in [-0.2, -0.15) is 0 Å². The summed E-state index contributed by atoms with van der Waals surface area (Å²) in [6.45, 7) is 4.11. The molecule has 0 bridgehead atoms.